The minimum Gasteiger partial charge on any atom is -0.337 e. The predicted molar refractivity (Wildman–Crippen MR) is 74.3 cm³/mol. The van der Waals surface area contributed by atoms with Gasteiger partial charge in [0, 0.05) is 19.0 Å². The topological polar surface area (TPSA) is 37.4 Å². The van der Waals surface area contributed by atoms with Gasteiger partial charge in [-0.3, -0.25) is 9.59 Å². The van der Waals surface area contributed by atoms with Gasteiger partial charge < -0.3 is 4.90 Å². The van der Waals surface area contributed by atoms with Gasteiger partial charge in [0.25, 0.3) is 0 Å². The molecular weight excluding hydrogens is 238 g/mol. The van der Waals surface area contributed by atoms with Crippen LogP contribution in [0.5, 0.6) is 0 Å². The zero-order valence-corrected chi connectivity index (χ0v) is 11.4. The normalized spacial score (nSPS) is 22.6. The minimum absolute atomic E-state index is 0.0475. The highest BCUT2D eigenvalue weighted by Crippen LogP contribution is 2.31. The highest BCUT2D eigenvalue weighted by atomic mass is 16.2. The first-order valence-electron chi connectivity index (χ1n) is 6.49. The Balaban J connectivity index is 2.18. The van der Waals surface area contributed by atoms with Gasteiger partial charge in [-0.15, -0.1) is 0 Å². The van der Waals surface area contributed by atoms with E-state index in [4.69, 9.17) is 0 Å². The first-order chi connectivity index (χ1) is 9.00. The van der Waals surface area contributed by atoms with E-state index in [1.165, 1.54) is 6.92 Å². The fourth-order valence-electron chi connectivity index (χ4n) is 2.65. The molecule has 1 amide bonds. The smallest absolute Gasteiger partial charge is 0.234 e. The van der Waals surface area contributed by atoms with E-state index in [9.17, 15) is 9.59 Å². The Labute approximate surface area is 113 Å². The molecule has 2 atom stereocenters. The van der Waals surface area contributed by atoms with Gasteiger partial charge in [-0.1, -0.05) is 42.5 Å². The Bertz CT molecular complexity index is 507. The quantitative estimate of drug-likeness (QED) is 0.613. The number of rotatable bonds is 4. The lowest BCUT2D eigenvalue weighted by Gasteiger charge is -2.16. The molecule has 1 heterocycles. The van der Waals surface area contributed by atoms with E-state index in [1.54, 1.807) is 4.90 Å². The highest BCUT2D eigenvalue weighted by molar-refractivity contribution is 6.02. The van der Waals surface area contributed by atoms with Crippen LogP contribution in [0.2, 0.25) is 0 Å². The number of hydrogen-bond acceptors (Lipinski definition) is 2. The van der Waals surface area contributed by atoms with Crippen molar-refractivity contribution in [3.63, 3.8) is 0 Å². The van der Waals surface area contributed by atoms with Crippen molar-refractivity contribution in [1.29, 1.82) is 0 Å². The standard InChI is InChI=1S/C16H19NO2/c1-11(2)14-10-17(16(19)15(14)12(3)18)9-13-7-5-4-6-8-13/h4-8,14-15H,1,9-10H2,2-3H3/t14-,15-/m0/s1. The van der Waals surface area contributed by atoms with E-state index in [-0.39, 0.29) is 17.6 Å². The molecule has 0 spiro atoms. The molecule has 0 radical (unpaired) electrons. The first-order valence-corrected chi connectivity index (χ1v) is 6.49. The summed E-state index contributed by atoms with van der Waals surface area (Å²) < 4.78 is 0. The van der Waals surface area contributed by atoms with Crippen LogP contribution in [-0.4, -0.2) is 23.1 Å². The van der Waals surface area contributed by atoms with Gasteiger partial charge in [-0.05, 0) is 19.4 Å². The van der Waals surface area contributed by atoms with Crippen LogP contribution in [0.1, 0.15) is 19.4 Å². The maximum absolute atomic E-state index is 12.3. The van der Waals surface area contributed by atoms with E-state index >= 15 is 0 Å². The van der Waals surface area contributed by atoms with Crippen LogP contribution >= 0.6 is 0 Å². The van der Waals surface area contributed by atoms with Crippen LogP contribution in [0, 0.1) is 11.8 Å². The summed E-state index contributed by atoms with van der Waals surface area (Å²) in [6.45, 7) is 8.45. The lowest BCUT2D eigenvalue weighted by molar-refractivity contribution is -0.136. The molecule has 3 heteroatoms. The number of likely N-dealkylation sites (tertiary alicyclic amines) is 1. The second kappa shape index (κ2) is 5.39. The van der Waals surface area contributed by atoms with Crippen molar-refractivity contribution < 1.29 is 9.59 Å². The third-order valence-corrected chi connectivity index (χ3v) is 3.68. The molecule has 1 aliphatic heterocycles. The third-order valence-electron chi connectivity index (χ3n) is 3.68. The second-order valence-electron chi connectivity index (χ2n) is 5.25. The molecule has 0 unspecified atom stereocenters. The zero-order chi connectivity index (χ0) is 14.0. The number of carbonyl (C=O) groups is 2. The fourth-order valence-corrected chi connectivity index (χ4v) is 2.65. The van der Waals surface area contributed by atoms with Crippen LogP contribution in [0.3, 0.4) is 0 Å². The Hall–Kier alpha value is -1.90. The molecule has 2 rings (SSSR count). The van der Waals surface area contributed by atoms with E-state index in [0.717, 1.165) is 11.1 Å². The summed E-state index contributed by atoms with van der Waals surface area (Å²) in [5.41, 5.74) is 1.99. The van der Waals surface area contributed by atoms with Crippen LogP contribution in [-0.2, 0) is 16.1 Å². The summed E-state index contributed by atoms with van der Waals surface area (Å²) in [5.74, 6) is -0.715. The summed E-state index contributed by atoms with van der Waals surface area (Å²) in [5, 5.41) is 0. The van der Waals surface area contributed by atoms with E-state index in [0.29, 0.717) is 13.1 Å². The van der Waals surface area contributed by atoms with E-state index in [1.807, 2.05) is 37.3 Å². The Kier molecular flexibility index (Phi) is 3.84. The number of amides is 1. The van der Waals surface area contributed by atoms with Crippen molar-refractivity contribution in [3.8, 4) is 0 Å². The monoisotopic (exact) mass is 257 g/mol. The maximum Gasteiger partial charge on any atom is 0.234 e. The predicted octanol–water partition coefficient (Wildman–Crippen LogP) is 2.43. The summed E-state index contributed by atoms with van der Waals surface area (Å²) in [6, 6.07) is 9.84. The number of benzene rings is 1. The fraction of sp³-hybridized carbons (Fsp3) is 0.375. The van der Waals surface area contributed by atoms with Gasteiger partial charge in [0.15, 0.2) is 0 Å². The molecule has 0 saturated carbocycles. The highest BCUT2D eigenvalue weighted by Gasteiger charge is 2.43. The lowest BCUT2D eigenvalue weighted by Crippen LogP contribution is -2.29. The Morgan fingerprint density at radius 1 is 1.32 bits per heavy atom. The summed E-state index contributed by atoms with van der Waals surface area (Å²) in [7, 11) is 0. The first kappa shape index (κ1) is 13.5. The SMILES string of the molecule is C=C(C)[C@@H]1CN(Cc2ccccc2)C(=O)[C@H]1C(C)=O. The maximum atomic E-state index is 12.3. The van der Waals surface area contributed by atoms with Crippen LogP contribution < -0.4 is 0 Å². The molecule has 0 N–H and O–H groups in total. The summed E-state index contributed by atoms with van der Waals surface area (Å²) in [6.07, 6.45) is 0. The van der Waals surface area contributed by atoms with Crippen molar-refractivity contribution in [2.45, 2.75) is 20.4 Å². The molecule has 1 fully saturated rings. The second-order valence-corrected chi connectivity index (χ2v) is 5.25. The van der Waals surface area contributed by atoms with Crippen molar-refractivity contribution in [2.24, 2.45) is 11.8 Å². The zero-order valence-electron chi connectivity index (χ0n) is 11.4. The van der Waals surface area contributed by atoms with Gasteiger partial charge in [-0.25, -0.2) is 0 Å². The van der Waals surface area contributed by atoms with Crippen molar-refractivity contribution >= 4 is 11.7 Å². The number of hydrogen-bond donors (Lipinski definition) is 0. The molecule has 1 saturated heterocycles. The van der Waals surface area contributed by atoms with Crippen molar-refractivity contribution in [1.82, 2.24) is 4.90 Å². The largest absolute Gasteiger partial charge is 0.337 e. The minimum atomic E-state index is -0.541. The summed E-state index contributed by atoms with van der Waals surface area (Å²) >= 11 is 0. The van der Waals surface area contributed by atoms with Gasteiger partial charge in [-0.2, -0.15) is 0 Å². The van der Waals surface area contributed by atoms with Crippen LogP contribution in [0.15, 0.2) is 42.5 Å². The molecule has 0 aliphatic carbocycles. The average molecular weight is 257 g/mol. The van der Waals surface area contributed by atoms with Crippen LogP contribution in [0.4, 0.5) is 0 Å². The molecule has 0 bridgehead atoms. The van der Waals surface area contributed by atoms with Crippen molar-refractivity contribution in [2.75, 3.05) is 6.54 Å². The van der Waals surface area contributed by atoms with E-state index < -0.39 is 5.92 Å². The molecule has 100 valence electrons. The molecule has 19 heavy (non-hydrogen) atoms. The number of nitrogens with zero attached hydrogens (tertiary/aromatic N) is 1. The average Bonchev–Trinajstić information content (AvgIpc) is 2.68. The molecule has 0 aromatic heterocycles. The lowest BCUT2D eigenvalue weighted by atomic mass is 9.87. The number of Topliss-reactive ketones (excluding diaryl/α,β-unsaturated/α-hetero) is 1. The van der Waals surface area contributed by atoms with E-state index in [2.05, 4.69) is 6.58 Å². The number of carbonyl (C=O) groups excluding carboxylic acids is 2. The molecule has 3 nitrogen and oxygen atoms in total. The Morgan fingerprint density at radius 2 is 1.95 bits per heavy atom. The third kappa shape index (κ3) is 2.75. The molecule has 1 aromatic rings. The van der Waals surface area contributed by atoms with Gasteiger partial charge in [0.05, 0.1) is 0 Å². The molecular formula is C16H19NO2. The number of ketones is 1. The van der Waals surface area contributed by atoms with Gasteiger partial charge in [0.2, 0.25) is 5.91 Å². The summed E-state index contributed by atoms with van der Waals surface area (Å²) in [4.78, 5) is 25.8. The Morgan fingerprint density at radius 3 is 2.42 bits per heavy atom. The van der Waals surface area contributed by atoms with Gasteiger partial charge in [0.1, 0.15) is 11.7 Å². The van der Waals surface area contributed by atoms with Crippen LogP contribution in [0.25, 0.3) is 0 Å². The van der Waals surface area contributed by atoms with Gasteiger partial charge >= 0.3 is 0 Å². The molecule has 1 aliphatic rings. The van der Waals surface area contributed by atoms with Crippen molar-refractivity contribution in [3.05, 3.63) is 48.0 Å². The molecule has 1 aromatic carbocycles.